The molecule has 2 N–H and O–H groups in total. The zero-order chi connectivity index (χ0) is 11.4. The molecule has 0 saturated heterocycles. The van der Waals surface area contributed by atoms with Crippen molar-refractivity contribution in [1.82, 2.24) is 15.2 Å². The first-order valence-electron chi connectivity index (χ1n) is 4.89. The average Bonchev–Trinajstić information content (AvgIpc) is 2.79. The molecule has 0 amide bonds. The second-order valence-electron chi connectivity index (χ2n) is 3.42. The third-order valence-electron chi connectivity index (χ3n) is 2.17. The molecule has 0 radical (unpaired) electrons. The third kappa shape index (κ3) is 2.17. The van der Waals surface area contributed by atoms with E-state index >= 15 is 0 Å². The molecule has 0 aliphatic rings. The van der Waals surface area contributed by atoms with Crippen molar-refractivity contribution in [3.05, 3.63) is 41.3 Å². The van der Waals surface area contributed by atoms with Crippen LogP contribution in [0, 0.1) is 18.3 Å². The largest absolute Gasteiger partial charge is 0.365 e. The number of rotatable bonds is 3. The smallest absolute Gasteiger partial charge is 0.144 e. The monoisotopic (exact) mass is 213 g/mol. The van der Waals surface area contributed by atoms with Gasteiger partial charge in [-0.1, -0.05) is 0 Å². The van der Waals surface area contributed by atoms with Gasteiger partial charge in [0.05, 0.1) is 11.8 Å². The number of nitriles is 1. The first-order chi connectivity index (χ1) is 7.79. The normalized spacial score (nSPS) is 9.75. The summed E-state index contributed by atoms with van der Waals surface area (Å²) in [5.41, 5.74) is 2.45. The zero-order valence-corrected chi connectivity index (χ0v) is 8.86. The summed E-state index contributed by atoms with van der Waals surface area (Å²) in [7, 11) is 0. The number of nitrogens with zero attached hydrogens (tertiary/aromatic N) is 3. The van der Waals surface area contributed by atoms with E-state index in [4.69, 9.17) is 5.26 Å². The van der Waals surface area contributed by atoms with Gasteiger partial charge in [-0.2, -0.15) is 10.4 Å². The molecular formula is C11H11N5. The lowest BCUT2D eigenvalue weighted by molar-refractivity contribution is 1.08. The molecule has 2 aromatic heterocycles. The molecule has 0 aromatic carbocycles. The van der Waals surface area contributed by atoms with Gasteiger partial charge in [0.25, 0.3) is 0 Å². The number of aryl methyl sites for hydroxylation is 1. The Morgan fingerprint density at radius 2 is 2.38 bits per heavy atom. The number of aromatic amines is 1. The van der Waals surface area contributed by atoms with E-state index in [1.54, 1.807) is 18.5 Å². The Hall–Kier alpha value is -2.35. The number of aromatic nitrogens is 3. The van der Waals surface area contributed by atoms with Gasteiger partial charge in [0.15, 0.2) is 0 Å². The molecule has 0 unspecified atom stereocenters. The molecule has 5 nitrogen and oxygen atoms in total. The molecule has 0 fully saturated rings. The van der Waals surface area contributed by atoms with Gasteiger partial charge in [0.2, 0.25) is 0 Å². The van der Waals surface area contributed by atoms with Crippen molar-refractivity contribution in [3.63, 3.8) is 0 Å². The van der Waals surface area contributed by atoms with Crippen molar-refractivity contribution in [3.8, 4) is 6.07 Å². The maximum absolute atomic E-state index is 8.92. The van der Waals surface area contributed by atoms with Gasteiger partial charge >= 0.3 is 0 Å². The van der Waals surface area contributed by atoms with E-state index in [0.29, 0.717) is 17.9 Å². The highest BCUT2D eigenvalue weighted by Crippen LogP contribution is 2.13. The predicted molar refractivity (Wildman–Crippen MR) is 59.6 cm³/mol. The number of hydrogen-bond donors (Lipinski definition) is 2. The van der Waals surface area contributed by atoms with Crippen molar-refractivity contribution in [2.45, 2.75) is 13.5 Å². The maximum atomic E-state index is 8.92. The summed E-state index contributed by atoms with van der Waals surface area (Å²) in [6.07, 6.45) is 3.53. The van der Waals surface area contributed by atoms with Crippen LogP contribution in [0.5, 0.6) is 0 Å². The van der Waals surface area contributed by atoms with Crippen LogP contribution in [-0.2, 0) is 6.54 Å². The average molecular weight is 213 g/mol. The summed E-state index contributed by atoms with van der Waals surface area (Å²) in [6.45, 7) is 2.49. The standard InChI is InChI=1S/C11H11N5/c1-8-2-3-10(4-12)11(16-8)13-5-9-6-14-15-7-9/h2-3,6-7H,5H2,1H3,(H,13,16)(H,14,15). The fourth-order valence-corrected chi connectivity index (χ4v) is 1.34. The fourth-order valence-electron chi connectivity index (χ4n) is 1.34. The van der Waals surface area contributed by atoms with Crippen LogP contribution in [0.3, 0.4) is 0 Å². The number of hydrogen-bond acceptors (Lipinski definition) is 4. The summed E-state index contributed by atoms with van der Waals surface area (Å²) in [5, 5.41) is 18.6. The Balaban J connectivity index is 2.15. The lowest BCUT2D eigenvalue weighted by atomic mass is 10.2. The minimum absolute atomic E-state index is 0.550. The summed E-state index contributed by atoms with van der Waals surface area (Å²) in [5.74, 6) is 0.615. The Kier molecular flexibility index (Phi) is 2.83. The van der Waals surface area contributed by atoms with Crippen LogP contribution in [-0.4, -0.2) is 15.2 Å². The number of H-pyrrole nitrogens is 1. The predicted octanol–water partition coefficient (Wildman–Crippen LogP) is 1.60. The molecule has 0 spiro atoms. The van der Waals surface area contributed by atoms with Gasteiger partial charge in [0, 0.05) is 24.0 Å². The molecule has 80 valence electrons. The SMILES string of the molecule is Cc1ccc(C#N)c(NCc2cn[nH]c2)n1. The number of pyridine rings is 1. The van der Waals surface area contributed by atoms with Gasteiger partial charge in [-0.3, -0.25) is 5.10 Å². The molecule has 0 bridgehead atoms. The van der Waals surface area contributed by atoms with E-state index in [9.17, 15) is 0 Å². The van der Waals surface area contributed by atoms with Gasteiger partial charge in [-0.15, -0.1) is 0 Å². The fraction of sp³-hybridized carbons (Fsp3) is 0.182. The van der Waals surface area contributed by atoms with E-state index in [2.05, 4.69) is 26.6 Å². The summed E-state index contributed by atoms with van der Waals surface area (Å²) in [6, 6.07) is 5.69. The molecule has 2 rings (SSSR count). The highest BCUT2D eigenvalue weighted by atomic mass is 15.1. The number of anilines is 1. The zero-order valence-electron chi connectivity index (χ0n) is 8.86. The van der Waals surface area contributed by atoms with E-state index in [0.717, 1.165) is 11.3 Å². The molecule has 0 saturated carbocycles. The van der Waals surface area contributed by atoms with Crippen molar-refractivity contribution >= 4 is 5.82 Å². The Bertz CT molecular complexity index is 510. The van der Waals surface area contributed by atoms with Crippen molar-refractivity contribution in [1.29, 1.82) is 5.26 Å². The second-order valence-corrected chi connectivity index (χ2v) is 3.42. The van der Waals surface area contributed by atoms with E-state index in [1.165, 1.54) is 0 Å². The van der Waals surface area contributed by atoms with Crippen LogP contribution < -0.4 is 5.32 Å². The van der Waals surface area contributed by atoms with Crippen LogP contribution in [0.1, 0.15) is 16.8 Å². The Labute approximate surface area is 93.1 Å². The van der Waals surface area contributed by atoms with E-state index < -0.39 is 0 Å². The summed E-state index contributed by atoms with van der Waals surface area (Å²) >= 11 is 0. The van der Waals surface area contributed by atoms with Crippen molar-refractivity contribution < 1.29 is 0 Å². The summed E-state index contributed by atoms with van der Waals surface area (Å²) in [4.78, 5) is 4.28. The van der Waals surface area contributed by atoms with Crippen molar-refractivity contribution in [2.75, 3.05) is 5.32 Å². The molecule has 0 atom stereocenters. The van der Waals surface area contributed by atoms with E-state index in [1.807, 2.05) is 13.0 Å². The molecule has 2 aromatic rings. The summed E-state index contributed by atoms with van der Waals surface area (Å²) < 4.78 is 0. The van der Waals surface area contributed by atoms with Gasteiger partial charge in [-0.25, -0.2) is 4.98 Å². The molecule has 0 aliphatic carbocycles. The molecular weight excluding hydrogens is 202 g/mol. The Morgan fingerprint density at radius 1 is 1.50 bits per heavy atom. The third-order valence-corrected chi connectivity index (χ3v) is 2.17. The maximum Gasteiger partial charge on any atom is 0.144 e. The van der Waals surface area contributed by atoms with Crippen LogP contribution in [0.15, 0.2) is 24.5 Å². The first-order valence-corrected chi connectivity index (χ1v) is 4.89. The van der Waals surface area contributed by atoms with Crippen LogP contribution in [0.25, 0.3) is 0 Å². The minimum Gasteiger partial charge on any atom is -0.365 e. The lowest BCUT2D eigenvalue weighted by Crippen LogP contribution is -2.03. The van der Waals surface area contributed by atoms with Crippen LogP contribution in [0.4, 0.5) is 5.82 Å². The quantitative estimate of drug-likeness (QED) is 0.811. The topological polar surface area (TPSA) is 77.4 Å². The van der Waals surface area contributed by atoms with Crippen LogP contribution in [0.2, 0.25) is 0 Å². The lowest BCUT2D eigenvalue weighted by Gasteiger charge is -2.06. The highest BCUT2D eigenvalue weighted by molar-refractivity contribution is 5.52. The van der Waals surface area contributed by atoms with Gasteiger partial charge in [0.1, 0.15) is 11.9 Å². The van der Waals surface area contributed by atoms with E-state index in [-0.39, 0.29) is 0 Å². The molecule has 16 heavy (non-hydrogen) atoms. The highest BCUT2D eigenvalue weighted by Gasteiger charge is 2.03. The number of nitrogens with one attached hydrogen (secondary N) is 2. The van der Waals surface area contributed by atoms with Gasteiger partial charge < -0.3 is 5.32 Å². The molecule has 0 aliphatic heterocycles. The van der Waals surface area contributed by atoms with Gasteiger partial charge in [-0.05, 0) is 19.1 Å². The minimum atomic E-state index is 0.550. The van der Waals surface area contributed by atoms with Crippen LogP contribution >= 0.6 is 0 Å². The van der Waals surface area contributed by atoms with Crippen molar-refractivity contribution in [2.24, 2.45) is 0 Å². The Morgan fingerprint density at radius 3 is 3.06 bits per heavy atom. The molecule has 2 heterocycles. The molecule has 5 heteroatoms. The second kappa shape index (κ2) is 4.45. The first kappa shape index (κ1) is 10.2.